The van der Waals surface area contributed by atoms with E-state index in [1.54, 1.807) is 42.5 Å². The molecule has 0 saturated carbocycles. The van der Waals surface area contributed by atoms with Gasteiger partial charge in [0.25, 0.3) is 5.91 Å². The van der Waals surface area contributed by atoms with Gasteiger partial charge in [0.2, 0.25) is 11.2 Å². The molecule has 0 saturated heterocycles. The van der Waals surface area contributed by atoms with Gasteiger partial charge in [-0.15, -0.1) is 0 Å². The van der Waals surface area contributed by atoms with Crippen LogP contribution in [0.1, 0.15) is 11.1 Å². The van der Waals surface area contributed by atoms with Gasteiger partial charge in [0, 0.05) is 31.0 Å². The van der Waals surface area contributed by atoms with E-state index in [0.29, 0.717) is 27.2 Å². The number of nitrogens with zero attached hydrogens (tertiary/aromatic N) is 1. The molecule has 174 valence electrons. The number of hydrogen-bond acceptors (Lipinski definition) is 5. The Morgan fingerprint density at radius 2 is 1.76 bits per heavy atom. The van der Waals surface area contributed by atoms with E-state index in [-0.39, 0.29) is 23.5 Å². The molecule has 0 radical (unpaired) electrons. The van der Waals surface area contributed by atoms with Crippen molar-refractivity contribution in [2.75, 3.05) is 30.9 Å². The second kappa shape index (κ2) is 9.61. The van der Waals surface area contributed by atoms with Crippen LogP contribution in [-0.2, 0) is 4.79 Å². The number of hydrogen-bond donors (Lipinski definition) is 1. The molecule has 0 aliphatic rings. The van der Waals surface area contributed by atoms with Crippen molar-refractivity contribution in [2.24, 2.45) is 0 Å². The molecule has 4 aromatic rings. The summed E-state index contributed by atoms with van der Waals surface area (Å²) in [4.78, 5) is 28.0. The molecule has 0 spiro atoms. The lowest BCUT2D eigenvalue weighted by Crippen LogP contribution is -2.22. The third kappa shape index (κ3) is 4.77. The Labute approximate surface area is 202 Å². The highest BCUT2D eigenvalue weighted by Gasteiger charge is 2.21. The highest BCUT2D eigenvalue weighted by Crippen LogP contribution is 2.36. The first-order valence-corrected chi connectivity index (χ1v) is 11.2. The largest absolute Gasteiger partial charge is 0.476 e. The Bertz CT molecular complexity index is 1430. The van der Waals surface area contributed by atoms with Gasteiger partial charge < -0.3 is 19.4 Å². The number of benzene rings is 3. The zero-order valence-corrected chi connectivity index (χ0v) is 20.2. The Morgan fingerprint density at radius 3 is 2.44 bits per heavy atom. The van der Waals surface area contributed by atoms with E-state index in [1.165, 1.54) is 0 Å². The minimum atomic E-state index is -0.400. The highest BCUT2D eigenvalue weighted by molar-refractivity contribution is 6.33. The molecule has 1 amide bonds. The Kier molecular flexibility index (Phi) is 6.61. The number of carbonyl (C=O) groups excluding carboxylic acids is 1. The lowest BCUT2D eigenvalue weighted by molar-refractivity contribution is -0.118. The fraction of sp³-hybridized carbons (Fsp3) is 0.185. The van der Waals surface area contributed by atoms with Crippen LogP contribution < -0.4 is 20.4 Å². The monoisotopic (exact) mass is 476 g/mol. The lowest BCUT2D eigenvalue weighted by atomic mass is 10.1. The van der Waals surface area contributed by atoms with Crippen molar-refractivity contribution in [1.29, 1.82) is 0 Å². The predicted octanol–water partition coefficient (Wildman–Crippen LogP) is 5.81. The van der Waals surface area contributed by atoms with E-state index >= 15 is 0 Å². The maximum Gasteiger partial charge on any atom is 0.262 e. The summed E-state index contributed by atoms with van der Waals surface area (Å²) in [5.74, 6) is -0.260. The average Bonchev–Trinajstić information content (AvgIpc) is 2.79. The molecule has 7 heteroatoms. The number of nitrogens with one attached hydrogen (secondary N) is 1. The van der Waals surface area contributed by atoms with E-state index in [9.17, 15) is 9.59 Å². The zero-order chi connectivity index (χ0) is 24.4. The molecule has 0 aliphatic heterocycles. The second-order valence-corrected chi connectivity index (χ2v) is 8.71. The molecule has 3 aromatic carbocycles. The SMILES string of the molecule is Cc1cc(C)c2oc(-c3ccccc3Cl)c(OCC(=O)Nc3ccc(N(C)C)cc3)c(=O)c2c1. The number of halogens is 1. The van der Waals surface area contributed by atoms with Crippen molar-refractivity contribution in [3.8, 4) is 17.1 Å². The van der Waals surface area contributed by atoms with Gasteiger partial charge in [0.1, 0.15) is 5.58 Å². The van der Waals surface area contributed by atoms with Crippen molar-refractivity contribution >= 4 is 39.9 Å². The molecular weight excluding hydrogens is 452 g/mol. The van der Waals surface area contributed by atoms with Gasteiger partial charge in [-0.3, -0.25) is 9.59 Å². The van der Waals surface area contributed by atoms with Crippen LogP contribution in [0.2, 0.25) is 5.02 Å². The number of aryl methyl sites for hydroxylation is 2. The quantitative estimate of drug-likeness (QED) is 0.380. The summed E-state index contributed by atoms with van der Waals surface area (Å²) in [6.07, 6.45) is 0. The minimum Gasteiger partial charge on any atom is -0.476 e. The molecule has 6 nitrogen and oxygen atoms in total. The standard InChI is InChI=1S/C27H25ClN2O4/c1-16-13-17(2)25-21(14-16)24(32)27(26(34-25)20-7-5-6-8-22(20)28)33-15-23(31)29-18-9-11-19(12-10-18)30(3)4/h5-14H,15H2,1-4H3,(H,29,31). The van der Waals surface area contributed by atoms with Crippen LogP contribution in [0.25, 0.3) is 22.3 Å². The number of ether oxygens (including phenoxy) is 1. The topological polar surface area (TPSA) is 71.8 Å². The highest BCUT2D eigenvalue weighted by atomic mass is 35.5. The number of amides is 1. The number of rotatable bonds is 6. The predicted molar refractivity (Wildman–Crippen MR) is 137 cm³/mol. The van der Waals surface area contributed by atoms with E-state index in [0.717, 1.165) is 16.8 Å². The summed E-state index contributed by atoms with van der Waals surface area (Å²) in [5.41, 5.74) is 4.01. The van der Waals surface area contributed by atoms with Gasteiger partial charge in [-0.2, -0.15) is 0 Å². The molecular formula is C27H25ClN2O4. The van der Waals surface area contributed by atoms with E-state index in [2.05, 4.69) is 5.32 Å². The molecule has 0 atom stereocenters. The molecule has 1 aromatic heterocycles. The van der Waals surface area contributed by atoms with Crippen molar-refractivity contribution in [3.05, 3.63) is 87.0 Å². The second-order valence-electron chi connectivity index (χ2n) is 8.31. The molecule has 34 heavy (non-hydrogen) atoms. The number of anilines is 2. The van der Waals surface area contributed by atoms with Crippen molar-refractivity contribution in [2.45, 2.75) is 13.8 Å². The molecule has 0 aliphatic carbocycles. The Hall–Kier alpha value is -3.77. The zero-order valence-electron chi connectivity index (χ0n) is 19.4. The fourth-order valence-corrected chi connectivity index (χ4v) is 3.99. The maximum absolute atomic E-state index is 13.4. The summed E-state index contributed by atoms with van der Waals surface area (Å²) >= 11 is 6.40. The van der Waals surface area contributed by atoms with E-state index < -0.39 is 5.91 Å². The van der Waals surface area contributed by atoms with E-state index in [1.807, 2.05) is 51.0 Å². The lowest BCUT2D eigenvalue weighted by Gasteiger charge is -2.15. The summed E-state index contributed by atoms with van der Waals surface area (Å²) < 4.78 is 11.9. The molecule has 0 unspecified atom stereocenters. The van der Waals surface area contributed by atoms with Gasteiger partial charge >= 0.3 is 0 Å². The molecule has 4 rings (SSSR count). The summed E-state index contributed by atoms with van der Waals surface area (Å²) in [5, 5.41) is 3.58. The molecule has 0 fully saturated rings. The summed E-state index contributed by atoms with van der Waals surface area (Å²) in [7, 11) is 3.88. The first-order valence-electron chi connectivity index (χ1n) is 10.8. The smallest absolute Gasteiger partial charge is 0.262 e. The minimum absolute atomic E-state index is 0.0521. The third-order valence-corrected chi connectivity index (χ3v) is 5.74. The van der Waals surface area contributed by atoms with Crippen molar-refractivity contribution < 1.29 is 13.9 Å². The molecule has 1 heterocycles. The van der Waals surface area contributed by atoms with Gasteiger partial charge in [-0.25, -0.2) is 0 Å². The van der Waals surface area contributed by atoms with Crippen LogP contribution in [0.5, 0.6) is 5.75 Å². The maximum atomic E-state index is 13.4. The van der Waals surface area contributed by atoms with Gasteiger partial charge in [0.15, 0.2) is 12.4 Å². The Balaban J connectivity index is 1.68. The summed E-state index contributed by atoms with van der Waals surface area (Å²) in [6.45, 7) is 3.42. The van der Waals surface area contributed by atoms with Crippen molar-refractivity contribution in [3.63, 3.8) is 0 Å². The van der Waals surface area contributed by atoms with Crippen LogP contribution in [0.4, 0.5) is 11.4 Å². The Morgan fingerprint density at radius 1 is 1.06 bits per heavy atom. The van der Waals surface area contributed by atoms with Crippen LogP contribution in [0.3, 0.4) is 0 Å². The number of fused-ring (bicyclic) bond motifs is 1. The van der Waals surface area contributed by atoms with Crippen LogP contribution >= 0.6 is 11.6 Å². The van der Waals surface area contributed by atoms with Gasteiger partial charge in [-0.1, -0.05) is 29.8 Å². The summed E-state index contributed by atoms with van der Waals surface area (Å²) in [6, 6.07) is 18.1. The third-order valence-electron chi connectivity index (χ3n) is 5.41. The average molecular weight is 477 g/mol. The first-order chi connectivity index (χ1) is 16.2. The number of carbonyl (C=O) groups is 1. The molecule has 0 bridgehead atoms. The van der Waals surface area contributed by atoms with E-state index in [4.69, 9.17) is 20.8 Å². The van der Waals surface area contributed by atoms with Crippen LogP contribution in [0, 0.1) is 13.8 Å². The van der Waals surface area contributed by atoms with Crippen LogP contribution in [-0.4, -0.2) is 26.6 Å². The normalized spacial score (nSPS) is 10.9. The van der Waals surface area contributed by atoms with Gasteiger partial charge in [0.05, 0.1) is 10.4 Å². The van der Waals surface area contributed by atoms with Gasteiger partial charge in [-0.05, 0) is 67.4 Å². The van der Waals surface area contributed by atoms with Crippen LogP contribution in [0.15, 0.2) is 69.9 Å². The fourth-order valence-electron chi connectivity index (χ4n) is 3.76. The molecule has 1 N–H and O–H groups in total. The first kappa shape index (κ1) is 23.4. The van der Waals surface area contributed by atoms with Crippen molar-refractivity contribution in [1.82, 2.24) is 0 Å².